The van der Waals surface area contributed by atoms with Crippen molar-refractivity contribution >= 4 is 23.4 Å². The number of aromatic nitrogens is 1. The van der Waals surface area contributed by atoms with Crippen molar-refractivity contribution in [1.29, 1.82) is 10.5 Å². The van der Waals surface area contributed by atoms with Gasteiger partial charge in [0.05, 0.1) is 18.4 Å². The summed E-state index contributed by atoms with van der Waals surface area (Å²) >= 11 is 1.13. The molecule has 1 heterocycles. The minimum atomic E-state index is -0.117. The molecule has 6 nitrogen and oxygen atoms in total. The maximum atomic E-state index is 12.6. The number of ketones is 1. The fourth-order valence-corrected chi connectivity index (χ4v) is 3.80. The summed E-state index contributed by atoms with van der Waals surface area (Å²) in [4.78, 5) is 16.8. The average Bonchev–Trinajstić information content (AvgIpc) is 2.77. The number of hydrogen-bond donors (Lipinski definition) is 1. The van der Waals surface area contributed by atoms with Crippen molar-refractivity contribution < 1.29 is 9.53 Å². The van der Waals surface area contributed by atoms with Gasteiger partial charge in [0.2, 0.25) is 0 Å². The molecule has 0 aliphatic carbocycles. The van der Waals surface area contributed by atoms with Gasteiger partial charge in [0.1, 0.15) is 34.3 Å². The number of nitrogens with two attached hydrogens (primary N) is 1. The van der Waals surface area contributed by atoms with Crippen LogP contribution in [-0.2, 0) is 0 Å². The largest absolute Gasteiger partial charge is 0.497 e. The number of thioether (sulfide) groups is 1. The lowest BCUT2D eigenvalue weighted by Crippen LogP contribution is -2.06. The van der Waals surface area contributed by atoms with Crippen molar-refractivity contribution in [3.63, 3.8) is 0 Å². The van der Waals surface area contributed by atoms with Crippen molar-refractivity contribution in [3.05, 3.63) is 70.8 Å². The molecule has 0 amide bonds. The van der Waals surface area contributed by atoms with Gasteiger partial charge in [-0.25, -0.2) is 4.98 Å². The molecule has 0 fully saturated rings. The summed E-state index contributed by atoms with van der Waals surface area (Å²) in [7, 11) is 1.56. The normalized spacial score (nSPS) is 10.1. The molecule has 0 radical (unpaired) electrons. The Balaban J connectivity index is 1.97. The predicted octanol–water partition coefficient (Wildman–Crippen LogP) is 4.37. The number of aryl methyl sites for hydroxylation is 1. The minimum absolute atomic E-state index is 0.0338. The monoisotopic (exact) mass is 414 g/mol. The molecule has 1 aromatic heterocycles. The molecule has 2 aromatic carbocycles. The van der Waals surface area contributed by atoms with E-state index in [0.29, 0.717) is 27.5 Å². The molecular formula is C23H18N4O2S. The second-order valence-electron chi connectivity index (χ2n) is 6.46. The van der Waals surface area contributed by atoms with Gasteiger partial charge >= 0.3 is 0 Å². The van der Waals surface area contributed by atoms with Gasteiger partial charge in [-0.05, 0) is 36.8 Å². The summed E-state index contributed by atoms with van der Waals surface area (Å²) in [6.07, 6.45) is 0. The van der Waals surface area contributed by atoms with Crippen LogP contribution in [0.5, 0.6) is 5.75 Å². The number of ether oxygens (including phenoxy) is 1. The number of nitriles is 2. The number of nitrogens with zero attached hydrogens (tertiary/aromatic N) is 3. The van der Waals surface area contributed by atoms with Gasteiger partial charge in [-0.1, -0.05) is 41.6 Å². The Hall–Kier alpha value is -3.81. The molecule has 0 aliphatic rings. The Kier molecular flexibility index (Phi) is 6.36. The third kappa shape index (κ3) is 4.27. The van der Waals surface area contributed by atoms with Crippen LogP contribution in [0.3, 0.4) is 0 Å². The first-order chi connectivity index (χ1) is 14.5. The quantitative estimate of drug-likeness (QED) is 0.471. The topological polar surface area (TPSA) is 113 Å². The van der Waals surface area contributed by atoms with Crippen molar-refractivity contribution in [1.82, 2.24) is 4.98 Å². The number of carbonyl (C=O) groups excluding carboxylic acids is 1. The number of methoxy groups -OCH3 is 1. The highest BCUT2D eigenvalue weighted by Gasteiger charge is 2.21. The molecule has 148 valence electrons. The first kappa shape index (κ1) is 20.9. The SMILES string of the molecule is COc1ccc(C(=O)CSc2nc(N)c(C#N)c(-c3ccc(C)cc3)c2C#N)cc1. The zero-order valence-electron chi connectivity index (χ0n) is 16.5. The molecule has 0 atom stereocenters. The van der Waals surface area contributed by atoms with Gasteiger partial charge in [-0.3, -0.25) is 4.79 Å². The Morgan fingerprint density at radius 2 is 1.70 bits per heavy atom. The number of anilines is 1. The molecule has 0 saturated carbocycles. The van der Waals surface area contributed by atoms with Crippen LogP contribution in [0.25, 0.3) is 11.1 Å². The van der Waals surface area contributed by atoms with Gasteiger partial charge in [0.15, 0.2) is 5.78 Å². The van der Waals surface area contributed by atoms with E-state index in [1.807, 2.05) is 31.2 Å². The summed E-state index contributed by atoms with van der Waals surface area (Å²) in [6.45, 7) is 1.95. The fraction of sp³-hybridized carbons (Fsp3) is 0.130. The third-order valence-electron chi connectivity index (χ3n) is 4.51. The number of Topliss-reactive ketones (excluding diaryl/α,β-unsaturated/α-hetero) is 1. The minimum Gasteiger partial charge on any atom is -0.497 e. The number of carbonyl (C=O) groups is 1. The second kappa shape index (κ2) is 9.13. The molecule has 0 unspecified atom stereocenters. The molecule has 2 N–H and O–H groups in total. The van der Waals surface area contributed by atoms with Crippen LogP contribution in [0, 0.1) is 29.6 Å². The summed E-state index contributed by atoms with van der Waals surface area (Å²) in [6, 6.07) is 18.5. The zero-order chi connectivity index (χ0) is 21.7. The number of hydrogen-bond acceptors (Lipinski definition) is 7. The van der Waals surface area contributed by atoms with Gasteiger partial charge in [-0.15, -0.1) is 0 Å². The molecule has 0 aliphatic heterocycles. The van der Waals surface area contributed by atoms with E-state index in [1.54, 1.807) is 31.4 Å². The summed E-state index contributed by atoms with van der Waals surface area (Å²) in [5.41, 5.74) is 9.13. The highest BCUT2D eigenvalue weighted by Crippen LogP contribution is 2.35. The average molecular weight is 414 g/mol. The lowest BCUT2D eigenvalue weighted by molar-refractivity contribution is 0.102. The number of rotatable bonds is 6. The number of pyridine rings is 1. The first-order valence-electron chi connectivity index (χ1n) is 8.99. The maximum absolute atomic E-state index is 12.6. The van der Waals surface area contributed by atoms with Gasteiger partial charge < -0.3 is 10.5 Å². The van der Waals surface area contributed by atoms with Crippen molar-refractivity contribution in [3.8, 4) is 29.0 Å². The number of nitrogen functional groups attached to an aromatic ring is 1. The zero-order valence-corrected chi connectivity index (χ0v) is 17.3. The van der Waals surface area contributed by atoms with Gasteiger partial charge in [0.25, 0.3) is 0 Å². The Bertz CT molecular complexity index is 1170. The first-order valence-corrected chi connectivity index (χ1v) is 9.97. The van der Waals surface area contributed by atoms with Crippen LogP contribution in [0.2, 0.25) is 0 Å². The lowest BCUT2D eigenvalue weighted by Gasteiger charge is -2.13. The highest BCUT2D eigenvalue weighted by molar-refractivity contribution is 8.00. The van der Waals surface area contributed by atoms with Gasteiger partial charge in [-0.2, -0.15) is 10.5 Å². The van der Waals surface area contributed by atoms with Crippen LogP contribution in [-0.4, -0.2) is 23.6 Å². The van der Waals surface area contributed by atoms with E-state index in [1.165, 1.54) is 0 Å². The maximum Gasteiger partial charge on any atom is 0.173 e. The van der Waals surface area contributed by atoms with Crippen LogP contribution in [0.4, 0.5) is 5.82 Å². The molecule has 30 heavy (non-hydrogen) atoms. The molecule has 3 aromatic rings. The van der Waals surface area contributed by atoms with Crippen molar-refractivity contribution in [2.24, 2.45) is 0 Å². The fourth-order valence-electron chi connectivity index (χ4n) is 2.91. The highest BCUT2D eigenvalue weighted by atomic mass is 32.2. The van der Waals surface area contributed by atoms with Crippen molar-refractivity contribution in [2.75, 3.05) is 18.6 Å². The van der Waals surface area contributed by atoms with E-state index in [9.17, 15) is 15.3 Å². The van der Waals surface area contributed by atoms with Crippen molar-refractivity contribution in [2.45, 2.75) is 11.9 Å². The Morgan fingerprint density at radius 1 is 1.07 bits per heavy atom. The molecular weight excluding hydrogens is 396 g/mol. The summed E-state index contributed by atoms with van der Waals surface area (Å²) < 4.78 is 5.10. The third-order valence-corrected chi connectivity index (χ3v) is 5.48. The Morgan fingerprint density at radius 3 is 2.27 bits per heavy atom. The Labute approximate surface area is 178 Å². The number of benzene rings is 2. The smallest absolute Gasteiger partial charge is 0.173 e. The van der Waals surface area contributed by atoms with E-state index in [4.69, 9.17) is 10.5 Å². The molecule has 3 rings (SSSR count). The standard InChI is InChI=1S/C23H18N4O2S/c1-14-3-5-16(6-4-14)21-18(11-24)22(26)27-23(19(21)12-25)30-13-20(28)15-7-9-17(29-2)10-8-15/h3-10H,13H2,1-2H3,(H2,26,27). The van der Waals surface area contributed by atoms with Crippen LogP contribution >= 0.6 is 11.8 Å². The van der Waals surface area contributed by atoms with E-state index >= 15 is 0 Å². The van der Waals surface area contributed by atoms with E-state index < -0.39 is 0 Å². The summed E-state index contributed by atoms with van der Waals surface area (Å²) in [5, 5.41) is 19.7. The van der Waals surface area contributed by atoms with Gasteiger partial charge in [0, 0.05) is 11.1 Å². The van der Waals surface area contributed by atoms with E-state index in [2.05, 4.69) is 17.1 Å². The molecule has 0 spiro atoms. The second-order valence-corrected chi connectivity index (χ2v) is 7.42. The predicted molar refractivity (Wildman–Crippen MR) is 116 cm³/mol. The summed E-state index contributed by atoms with van der Waals surface area (Å²) in [5.74, 6) is 0.655. The van der Waals surface area contributed by atoms with Crippen LogP contribution < -0.4 is 10.5 Å². The van der Waals surface area contributed by atoms with Crippen LogP contribution in [0.1, 0.15) is 27.0 Å². The lowest BCUT2D eigenvalue weighted by atomic mass is 9.96. The molecule has 0 saturated heterocycles. The molecule has 7 heteroatoms. The van der Waals surface area contributed by atoms with Crippen LogP contribution in [0.15, 0.2) is 53.6 Å². The van der Waals surface area contributed by atoms with E-state index in [-0.39, 0.29) is 28.5 Å². The molecule has 0 bridgehead atoms. The van der Waals surface area contributed by atoms with E-state index in [0.717, 1.165) is 17.3 Å².